The zero-order valence-electron chi connectivity index (χ0n) is 21.8. The summed E-state index contributed by atoms with van der Waals surface area (Å²) >= 11 is 0. The number of anilines is 1. The molecule has 0 aliphatic heterocycles. The number of carbonyl (C=O) groups excluding carboxylic acids is 1. The average molecular weight is 476 g/mol. The van der Waals surface area contributed by atoms with E-state index in [0.29, 0.717) is 12.6 Å². The van der Waals surface area contributed by atoms with Gasteiger partial charge >= 0.3 is 5.97 Å². The molecule has 0 aliphatic rings. The van der Waals surface area contributed by atoms with Crippen molar-refractivity contribution in [2.45, 2.75) is 53.1 Å². The first-order chi connectivity index (χ1) is 16.6. The van der Waals surface area contributed by atoms with Crippen molar-refractivity contribution in [3.8, 4) is 22.4 Å². The molecular formula is C29H37N3O3. The van der Waals surface area contributed by atoms with Gasteiger partial charge in [-0.2, -0.15) is 0 Å². The van der Waals surface area contributed by atoms with Crippen LogP contribution in [0.4, 0.5) is 5.95 Å². The molecule has 0 aliphatic carbocycles. The summed E-state index contributed by atoms with van der Waals surface area (Å²) in [6, 6.07) is 16.9. The van der Waals surface area contributed by atoms with Gasteiger partial charge in [-0.3, -0.25) is 0 Å². The van der Waals surface area contributed by atoms with Crippen LogP contribution in [0.2, 0.25) is 0 Å². The van der Waals surface area contributed by atoms with Crippen LogP contribution in [0.15, 0.2) is 54.7 Å². The fraction of sp³-hybridized carbons (Fsp3) is 0.414. The summed E-state index contributed by atoms with van der Waals surface area (Å²) < 4.78 is 10.7. The van der Waals surface area contributed by atoms with Crippen molar-refractivity contribution in [1.29, 1.82) is 0 Å². The van der Waals surface area contributed by atoms with Crippen molar-refractivity contribution in [1.82, 2.24) is 9.97 Å². The highest BCUT2D eigenvalue weighted by atomic mass is 16.6. The van der Waals surface area contributed by atoms with Crippen LogP contribution in [0.5, 0.6) is 0 Å². The number of aromatic nitrogens is 2. The predicted molar refractivity (Wildman–Crippen MR) is 142 cm³/mol. The largest absolute Gasteiger partial charge is 0.458 e. The van der Waals surface area contributed by atoms with E-state index < -0.39 is 5.60 Å². The van der Waals surface area contributed by atoms with E-state index in [2.05, 4.69) is 72.3 Å². The van der Waals surface area contributed by atoms with Gasteiger partial charge < -0.3 is 14.4 Å². The molecule has 0 fully saturated rings. The van der Waals surface area contributed by atoms with Crippen LogP contribution >= 0.6 is 0 Å². The molecular weight excluding hydrogens is 438 g/mol. The molecule has 0 spiro atoms. The molecule has 2 aromatic carbocycles. The molecule has 0 bridgehead atoms. The van der Waals surface area contributed by atoms with Gasteiger partial charge in [0.05, 0.1) is 5.69 Å². The highest BCUT2D eigenvalue weighted by molar-refractivity contribution is 5.81. The second-order valence-electron chi connectivity index (χ2n) is 9.93. The number of rotatable bonds is 10. The van der Waals surface area contributed by atoms with E-state index in [1.54, 1.807) is 0 Å². The first-order valence-corrected chi connectivity index (χ1v) is 12.1. The molecule has 0 amide bonds. The topological polar surface area (TPSA) is 64.6 Å². The van der Waals surface area contributed by atoms with Crippen LogP contribution in [0.3, 0.4) is 0 Å². The fourth-order valence-electron chi connectivity index (χ4n) is 3.61. The lowest BCUT2D eigenvalue weighted by Crippen LogP contribution is -2.26. The van der Waals surface area contributed by atoms with E-state index in [-0.39, 0.29) is 12.6 Å². The molecule has 1 heterocycles. The van der Waals surface area contributed by atoms with Gasteiger partial charge in [-0.1, -0.05) is 59.7 Å². The first-order valence-electron chi connectivity index (χ1n) is 12.1. The van der Waals surface area contributed by atoms with Gasteiger partial charge in [-0.25, -0.2) is 14.8 Å². The van der Waals surface area contributed by atoms with E-state index >= 15 is 0 Å². The van der Waals surface area contributed by atoms with Gasteiger partial charge in [0.25, 0.3) is 0 Å². The lowest BCUT2D eigenvalue weighted by molar-refractivity contribution is -0.160. The Kier molecular flexibility index (Phi) is 8.99. The number of nitrogens with zero attached hydrogens (tertiary/aromatic N) is 3. The quantitative estimate of drug-likeness (QED) is 0.265. The third kappa shape index (κ3) is 8.18. The number of hydrogen-bond acceptors (Lipinski definition) is 6. The Labute approximate surface area is 209 Å². The monoisotopic (exact) mass is 475 g/mol. The maximum absolute atomic E-state index is 11.7. The highest BCUT2D eigenvalue weighted by Crippen LogP contribution is 2.31. The highest BCUT2D eigenvalue weighted by Gasteiger charge is 2.16. The van der Waals surface area contributed by atoms with Crippen molar-refractivity contribution < 1.29 is 14.3 Å². The summed E-state index contributed by atoms with van der Waals surface area (Å²) in [4.78, 5) is 23.4. The predicted octanol–water partition coefficient (Wildman–Crippen LogP) is 6.00. The minimum Gasteiger partial charge on any atom is -0.458 e. The van der Waals surface area contributed by atoms with Gasteiger partial charge in [-0.05, 0) is 53.0 Å². The molecule has 0 saturated heterocycles. The van der Waals surface area contributed by atoms with Crippen LogP contribution in [0.25, 0.3) is 22.4 Å². The fourth-order valence-corrected chi connectivity index (χ4v) is 3.61. The Morgan fingerprint density at radius 3 is 2.11 bits per heavy atom. The molecule has 6 heteroatoms. The summed E-state index contributed by atoms with van der Waals surface area (Å²) in [6.45, 7) is 11.0. The van der Waals surface area contributed by atoms with E-state index in [1.807, 2.05) is 34.0 Å². The second-order valence-corrected chi connectivity index (χ2v) is 9.93. The molecule has 0 N–H and O–H groups in total. The maximum atomic E-state index is 11.7. The van der Waals surface area contributed by atoms with Crippen molar-refractivity contribution in [3.05, 3.63) is 65.9 Å². The molecule has 0 saturated carbocycles. The normalized spacial score (nSPS) is 11.4. The summed E-state index contributed by atoms with van der Waals surface area (Å²) in [5, 5.41) is 0. The number of ether oxygens (including phenoxy) is 2. The Bertz CT molecular complexity index is 1100. The summed E-state index contributed by atoms with van der Waals surface area (Å²) in [5.74, 6) is 0.353. The molecule has 3 aromatic rings. The summed E-state index contributed by atoms with van der Waals surface area (Å²) in [6.07, 6.45) is 3.65. The molecule has 3 rings (SSSR count). The zero-order valence-corrected chi connectivity index (χ0v) is 21.8. The number of carbonyl (C=O) groups is 1. The third-order valence-electron chi connectivity index (χ3n) is 5.48. The zero-order chi connectivity index (χ0) is 25.4. The molecule has 0 radical (unpaired) electrons. The second kappa shape index (κ2) is 11.9. The van der Waals surface area contributed by atoms with Gasteiger partial charge in [0, 0.05) is 37.5 Å². The Morgan fingerprint density at radius 2 is 1.51 bits per heavy atom. The van der Waals surface area contributed by atoms with E-state index in [9.17, 15) is 4.79 Å². The number of hydrogen-bond donors (Lipinski definition) is 0. The lowest BCUT2D eigenvalue weighted by Gasteiger charge is -2.20. The SMILES string of the molecule is Cc1ccc(-c2cnc(N(C)CCCCOCC(=O)OC(C)(C)C)nc2-c2ccc(C)cc2)cc1. The van der Waals surface area contributed by atoms with E-state index in [0.717, 1.165) is 41.8 Å². The first kappa shape index (κ1) is 26.4. The van der Waals surface area contributed by atoms with Crippen LogP contribution in [0, 0.1) is 13.8 Å². The molecule has 0 atom stereocenters. The van der Waals surface area contributed by atoms with E-state index in [1.165, 1.54) is 11.1 Å². The number of benzene rings is 2. The maximum Gasteiger partial charge on any atom is 0.332 e. The third-order valence-corrected chi connectivity index (χ3v) is 5.48. The van der Waals surface area contributed by atoms with Crippen LogP contribution < -0.4 is 4.90 Å². The van der Waals surface area contributed by atoms with Crippen molar-refractivity contribution in [3.63, 3.8) is 0 Å². The van der Waals surface area contributed by atoms with Crippen LogP contribution in [0.1, 0.15) is 44.7 Å². The standard InChI is InChI=1S/C29H37N3O3/c1-21-9-13-23(14-10-21)25-19-30-28(31-27(25)24-15-11-22(2)12-16-24)32(6)17-7-8-18-34-20-26(33)35-29(3,4)5/h9-16,19H,7-8,17-18,20H2,1-6H3. The Hall–Kier alpha value is -3.25. The van der Waals surface area contributed by atoms with Gasteiger partial charge in [0.2, 0.25) is 5.95 Å². The van der Waals surface area contributed by atoms with Gasteiger partial charge in [0.1, 0.15) is 12.2 Å². The van der Waals surface area contributed by atoms with E-state index in [4.69, 9.17) is 14.5 Å². The van der Waals surface area contributed by atoms with Gasteiger partial charge in [0.15, 0.2) is 0 Å². The molecule has 6 nitrogen and oxygen atoms in total. The minimum atomic E-state index is -0.490. The molecule has 186 valence electrons. The number of unbranched alkanes of at least 4 members (excludes halogenated alkanes) is 1. The summed E-state index contributed by atoms with van der Waals surface area (Å²) in [5.41, 5.74) is 6.05. The Morgan fingerprint density at radius 1 is 0.914 bits per heavy atom. The molecule has 1 aromatic heterocycles. The smallest absolute Gasteiger partial charge is 0.332 e. The van der Waals surface area contributed by atoms with Crippen molar-refractivity contribution >= 4 is 11.9 Å². The van der Waals surface area contributed by atoms with Crippen molar-refractivity contribution in [2.24, 2.45) is 0 Å². The molecule has 35 heavy (non-hydrogen) atoms. The lowest BCUT2D eigenvalue weighted by atomic mass is 9.99. The van der Waals surface area contributed by atoms with Crippen LogP contribution in [-0.2, 0) is 14.3 Å². The summed E-state index contributed by atoms with van der Waals surface area (Å²) in [7, 11) is 2.00. The van der Waals surface area contributed by atoms with Gasteiger partial charge in [-0.15, -0.1) is 0 Å². The average Bonchev–Trinajstić information content (AvgIpc) is 2.81. The number of esters is 1. The molecule has 0 unspecified atom stereocenters. The minimum absolute atomic E-state index is 0.0173. The van der Waals surface area contributed by atoms with Crippen LogP contribution in [-0.4, -0.2) is 48.3 Å². The Balaban J connectivity index is 1.64. The van der Waals surface area contributed by atoms with Crippen molar-refractivity contribution in [2.75, 3.05) is 31.7 Å². The number of aryl methyl sites for hydroxylation is 2.